The van der Waals surface area contributed by atoms with Gasteiger partial charge in [-0.3, -0.25) is 0 Å². The largest absolute Gasteiger partial charge is 0.379 e. The van der Waals surface area contributed by atoms with Gasteiger partial charge in [-0.15, -0.1) is 0 Å². The summed E-state index contributed by atoms with van der Waals surface area (Å²) in [5, 5.41) is 3.38. The van der Waals surface area contributed by atoms with Crippen molar-refractivity contribution in [3.05, 3.63) is 33.8 Å². The van der Waals surface area contributed by atoms with Gasteiger partial charge in [0, 0.05) is 24.1 Å². The van der Waals surface area contributed by atoms with E-state index < -0.39 is 0 Å². The molecule has 4 heteroatoms. The van der Waals surface area contributed by atoms with Crippen LogP contribution < -0.4 is 5.32 Å². The first-order valence-corrected chi connectivity index (χ1v) is 7.07. The van der Waals surface area contributed by atoms with Crippen molar-refractivity contribution >= 4 is 15.9 Å². The molecule has 0 unspecified atom stereocenters. The Morgan fingerprint density at radius 3 is 2.72 bits per heavy atom. The average Bonchev–Trinajstić information content (AvgIpc) is 2.32. The first-order chi connectivity index (χ1) is 8.59. The second kappa shape index (κ2) is 8.64. The Morgan fingerprint density at radius 1 is 1.28 bits per heavy atom. The highest BCUT2D eigenvalue weighted by Crippen LogP contribution is 2.16. The fourth-order valence-electron chi connectivity index (χ4n) is 1.54. The van der Waals surface area contributed by atoms with Gasteiger partial charge < -0.3 is 15.0 Å². The normalized spacial score (nSPS) is 11.2. The average molecular weight is 315 g/mol. The van der Waals surface area contributed by atoms with E-state index in [1.54, 1.807) is 0 Å². The van der Waals surface area contributed by atoms with Crippen LogP contribution in [-0.2, 0) is 11.3 Å². The number of rotatable bonds is 8. The quantitative estimate of drug-likeness (QED) is 0.746. The number of hydrogen-bond donors (Lipinski definition) is 1. The van der Waals surface area contributed by atoms with Crippen LogP contribution in [0.2, 0.25) is 0 Å². The molecule has 0 aliphatic rings. The van der Waals surface area contributed by atoms with Gasteiger partial charge in [-0.05, 0) is 38.2 Å². The second-order valence-corrected chi connectivity index (χ2v) is 5.53. The van der Waals surface area contributed by atoms with Gasteiger partial charge in [0.25, 0.3) is 0 Å². The molecule has 0 aliphatic carbocycles. The zero-order valence-corrected chi connectivity index (χ0v) is 13.1. The van der Waals surface area contributed by atoms with E-state index in [-0.39, 0.29) is 0 Å². The lowest BCUT2D eigenvalue weighted by Crippen LogP contribution is -2.23. The number of nitrogens with one attached hydrogen (secondary N) is 1. The van der Waals surface area contributed by atoms with E-state index in [2.05, 4.69) is 65.4 Å². The van der Waals surface area contributed by atoms with E-state index in [9.17, 15) is 0 Å². The van der Waals surface area contributed by atoms with E-state index in [4.69, 9.17) is 4.74 Å². The zero-order valence-electron chi connectivity index (χ0n) is 11.5. The SMILES string of the molecule is Cc1cc(CNCCOCCN(C)C)ccc1Br. The summed E-state index contributed by atoms with van der Waals surface area (Å²) in [5.41, 5.74) is 2.58. The monoisotopic (exact) mass is 314 g/mol. The van der Waals surface area contributed by atoms with Crippen LogP contribution in [0.15, 0.2) is 22.7 Å². The highest BCUT2D eigenvalue weighted by Gasteiger charge is 1.97. The maximum Gasteiger partial charge on any atom is 0.0593 e. The van der Waals surface area contributed by atoms with Gasteiger partial charge in [0.05, 0.1) is 13.2 Å². The minimum absolute atomic E-state index is 0.767. The van der Waals surface area contributed by atoms with Crippen LogP contribution in [0.25, 0.3) is 0 Å². The first-order valence-electron chi connectivity index (χ1n) is 6.28. The Kier molecular flexibility index (Phi) is 7.51. The summed E-state index contributed by atoms with van der Waals surface area (Å²) in [4.78, 5) is 2.12. The third-order valence-electron chi connectivity index (χ3n) is 2.66. The van der Waals surface area contributed by atoms with Crippen molar-refractivity contribution in [2.75, 3.05) is 40.4 Å². The van der Waals surface area contributed by atoms with Crippen LogP contribution in [0.3, 0.4) is 0 Å². The standard InChI is InChI=1S/C14H23BrN2O/c1-12-10-13(4-5-14(12)15)11-16-6-8-18-9-7-17(2)3/h4-5,10,16H,6-9,11H2,1-3H3. The van der Waals surface area contributed by atoms with E-state index in [0.29, 0.717) is 0 Å². The molecule has 0 heterocycles. The van der Waals surface area contributed by atoms with Gasteiger partial charge >= 0.3 is 0 Å². The number of benzene rings is 1. The van der Waals surface area contributed by atoms with Crippen molar-refractivity contribution in [1.29, 1.82) is 0 Å². The molecule has 0 radical (unpaired) electrons. The molecular formula is C14H23BrN2O. The molecule has 1 aromatic carbocycles. The maximum atomic E-state index is 5.51. The molecule has 0 saturated carbocycles. The molecular weight excluding hydrogens is 292 g/mol. The predicted octanol–water partition coefficient (Wildman–Crippen LogP) is 2.43. The van der Waals surface area contributed by atoms with Crippen LogP contribution in [0.4, 0.5) is 0 Å². The van der Waals surface area contributed by atoms with Crippen molar-refractivity contribution in [3.63, 3.8) is 0 Å². The molecule has 18 heavy (non-hydrogen) atoms. The number of halogens is 1. The summed E-state index contributed by atoms with van der Waals surface area (Å²) in [6.07, 6.45) is 0. The molecule has 1 N–H and O–H groups in total. The molecule has 0 saturated heterocycles. The lowest BCUT2D eigenvalue weighted by molar-refractivity contribution is 0.119. The predicted molar refractivity (Wildman–Crippen MR) is 80.0 cm³/mol. The Hall–Kier alpha value is -0.420. The summed E-state index contributed by atoms with van der Waals surface area (Å²) >= 11 is 3.51. The number of nitrogens with zero attached hydrogens (tertiary/aromatic N) is 1. The number of likely N-dealkylation sites (N-methyl/N-ethyl adjacent to an activating group) is 1. The molecule has 3 nitrogen and oxygen atoms in total. The van der Waals surface area contributed by atoms with E-state index >= 15 is 0 Å². The highest BCUT2D eigenvalue weighted by molar-refractivity contribution is 9.10. The van der Waals surface area contributed by atoms with Gasteiger partial charge in [-0.1, -0.05) is 28.1 Å². The molecule has 1 aromatic rings. The summed E-state index contributed by atoms with van der Waals surface area (Å²) in [7, 11) is 4.11. The fraction of sp³-hybridized carbons (Fsp3) is 0.571. The van der Waals surface area contributed by atoms with Gasteiger partial charge in [0.2, 0.25) is 0 Å². The Bertz CT molecular complexity index is 356. The highest BCUT2D eigenvalue weighted by atomic mass is 79.9. The third-order valence-corrected chi connectivity index (χ3v) is 3.55. The van der Waals surface area contributed by atoms with E-state index in [1.807, 2.05) is 0 Å². The Labute approximate surface area is 119 Å². The maximum absolute atomic E-state index is 5.51. The molecule has 0 aliphatic heterocycles. The van der Waals surface area contributed by atoms with Gasteiger partial charge in [0.1, 0.15) is 0 Å². The molecule has 1 rings (SSSR count). The molecule has 0 aromatic heterocycles. The topological polar surface area (TPSA) is 24.5 Å². The molecule has 102 valence electrons. The van der Waals surface area contributed by atoms with Crippen molar-refractivity contribution in [2.45, 2.75) is 13.5 Å². The van der Waals surface area contributed by atoms with E-state index in [0.717, 1.165) is 32.8 Å². The minimum Gasteiger partial charge on any atom is -0.379 e. The summed E-state index contributed by atoms with van der Waals surface area (Å²) in [6.45, 7) is 6.44. The van der Waals surface area contributed by atoms with Crippen molar-refractivity contribution < 1.29 is 4.74 Å². The molecule has 0 bridgehead atoms. The minimum atomic E-state index is 0.767. The smallest absolute Gasteiger partial charge is 0.0593 e. The van der Waals surface area contributed by atoms with Crippen molar-refractivity contribution in [2.24, 2.45) is 0 Å². The van der Waals surface area contributed by atoms with Crippen LogP contribution in [-0.4, -0.2) is 45.3 Å². The molecule has 0 spiro atoms. The number of hydrogen-bond acceptors (Lipinski definition) is 3. The van der Waals surface area contributed by atoms with Crippen molar-refractivity contribution in [3.8, 4) is 0 Å². The zero-order chi connectivity index (χ0) is 13.4. The van der Waals surface area contributed by atoms with Crippen molar-refractivity contribution in [1.82, 2.24) is 10.2 Å². The Morgan fingerprint density at radius 2 is 2.06 bits per heavy atom. The lowest BCUT2D eigenvalue weighted by atomic mass is 10.1. The lowest BCUT2D eigenvalue weighted by Gasteiger charge is -2.10. The van der Waals surface area contributed by atoms with Gasteiger partial charge in [-0.25, -0.2) is 0 Å². The molecule has 0 atom stereocenters. The van der Waals surface area contributed by atoms with Crippen LogP contribution >= 0.6 is 15.9 Å². The summed E-state index contributed by atoms with van der Waals surface area (Å²) in [5.74, 6) is 0. The van der Waals surface area contributed by atoms with Crippen LogP contribution in [0.5, 0.6) is 0 Å². The summed E-state index contributed by atoms with van der Waals surface area (Å²) in [6, 6.07) is 6.43. The molecule has 0 amide bonds. The summed E-state index contributed by atoms with van der Waals surface area (Å²) < 4.78 is 6.68. The van der Waals surface area contributed by atoms with Crippen LogP contribution in [0.1, 0.15) is 11.1 Å². The molecule has 0 fully saturated rings. The Balaban J connectivity index is 2.09. The van der Waals surface area contributed by atoms with Crippen LogP contribution in [0, 0.1) is 6.92 Å². The van der Waals surface area contributed by atoms with Gasteiger partial charge in [0.15, 0.2) is 0 Å². The number of ether oxygens (including phenoxy) is 1. The fourth-order valence-corrected chi connectivity index (χ4v) is 1.79. The van der Waals surface area contributed by atoms with Gasteiger partial charge in [-0.2, -0.15) is 0 Å². The first kappa shape index (κ1) is 15.6. The van der Waals surface area contributed by atoms with E-state index in [1.165, 1.54) is 15.6 Å². The second-order valence-electron chi connectivity index (χ2n) is 4.68. The third kappa shape index (κ3) is 6.50. The number of aryl methyl sites for hydroxylation is 1.